The predicted molar refractivity (Wildman–Crippen MR) is 95.0 cm³/mol. The molecule has 0 unspecified atom stereocenters. The highest BCUT2D eigenvalue weighted by atomic mass is 32.2. The largest absolute Gasteiger partial charge is 0.326 e. The topological polar surface area (TPSA) is 66.5 Å². The Morgan fingerprint density at radius 3 is 2.43 bits per heavy atom. The molecule has 0 bridgehead atoms. The smallest absolute Gasteiger partial charge is 0.225 e. The predicted octanol–water partition coefficient (Wildman–Crippen LogP) is 2.94. The van der Waals surface area contributed by atoms with Crippen molar-refractivity contribution in [3.05, 3.63) is 29.3 Å². The molecule has 5 nitrogen and oxygen atoms in total. The molecular formula is C17H28N2O3S. The highest BCUT2D eigenvalue weighted by Crippen LogP contribution is 2.18. The van der Waals surface area contributed by atoms with Crippen LogP contribution in [0.3, 0.4) is 0 Å². The lowest BCUT2D eigenvalue weighted by atomic mass is 10.1. The van der Waals surface area contributed by atoms with Crippen LogP contribution in [0.15, 0.2) is 18.2 Å². The lowest BCUT2D eigenvalue weighted by Crippen LogP contribution is -2.34. The van der Waals surface area contributed by atoms with Gasteiger partial charge in [0, 0.05) is 25.2 Å². The van der Waals surface area contributed by atoms with Crippen molar-refractivity contribution in [1.29, 1.82) is 0 Å². The quantitative estimate of drug-likeness (QED) is 0.791. The van der Waals surface area contributed by atoms with Crippen molar-refractivity contribution >= 4 is 21.6 Å². The summed E-state index contributed by atoms with van der Waals surface area (Å²) in [6.07, 6.45) is 2.13. The Labute approximate surface area is 140 Å². The summed E-state index contributed by atoms with van der Waals surface area (Å²) < 4.78 is 25.0. The van der Waals surface area contributed by atoms with Gasteiger partial charge in [-0.1, -0.05) is 26.0 Å². The molecule has 1 rings (SSSR count). The number of sulfonamides is 1. The van der Waals surface area contributed by atoms with Gasteiger partial charge >= 0.3 is 0 Å². The number of hydrogen-bond acceptors (Lipinski definition) is 3. The molecule has 6 heteroatoms. The van der Waals surface area contributed by atoms with Crippen LogP contribution in [0.1, 0.15) is 37.8 Å². The number of amides is 1. The van der Waals surface area contributed by atoms with Crippen molar-refractivity contribution < 1.29 is 13.2 Å². The van der Waals surface area contributed by atoms with Gasteiger partial charge in [0.25, 0.3) is 0 Å². The van der Waals surface area contributed by atoms with E-state index in [9.17, 15) is 13.2 Å². The van der Waals surface area contributed by atoms with Gasteiger partial charge in [0.1, 0.15) is 0 Å². The van der Waals surface area contributed by atoms with E-state index in [1.165, 1.54) is 10.6 Å². The van der Waals surface area contributed by atoms with Gasteiger partial charge in [-0.15, -0.1) is 0 Å². The molecule has 1 N–H and O–H groups in total. The van der Waals surface area contributed by atoms with Crippen LogP contribution in [0.5, 0.6) is 0 Å². The first kappa shape index (κ1) is 19.6. The minimum Gasteiger partial charge on any atom is -0.326 e. The average Bonchev–Trinajstić information content (AvgIpc) is 2.42. The van der Waals surface area contributed by atoms with E-state index < -0.39 is 10.0 Å². The van der Waals surface area contributed by atoms with Gasteiger partial charge in [-0.05, 0) is 43.4 Å². The molecule has 0 spiro atoms. The summed E-state index contributed by atoms with van der Waals surface area (Å²) in [5.74, 6) is 0.250. The first-order chi connectivity index (χ1) is 10.6. The van der Waals surface area contributed by atoms with Gasteiger partial charge in [-0.3, -0.25) is 4.79 Å². The van der Waals surface area contributed by atoms with Crippen LogP contribution >= 0.6 is 0 Å². The van der Waals surface area contributed by atoms with Crippen molar-refractivity contribution in [3.8, 4) is 0 Å². The molecule has 0 aromatic heterocycles. The number of carbonyl (C=O) groups excluding carboxylic acids is 1. The molecule has 0 aliphatic rings. The van der Waals surface area contributed by atoms with Crippen molar-refractivity contribution in [2.24, 2.45) is 5.92 Å². The van der Waals surface area contributed by atoms with E-state index in [2.05, 4.69) is 5.32 Å². The number of benzene rings is 1. The van der Waals surface area contributed by atoms with Gasteiger partial charge < -0.3 is 5.32 Å². The summed E-state index contributed by atoms with van der Waals surface area (Å²) in [4.78, 5) is 12.1. The van der Waals surface area contributed by atoms with E-state index in [1.54, 1.807) is 0 Å². The average molecular weight is 340 g/mol. The summed E-state index contributed by atoms with van der Waals surface area (Å²) in [6.45, 7) is 8.70. The third kappa shape index (κ3) is 6.71. The summed E-state index contributed by atoms with van der Waals surface area (Å²) >= 11 is 0. The molecule has 0 atom stereocenters. The van der Waals surface area contributed by atoms with Crippen LogP contribution < -0.4 is 5.32 Å². The third-order valence-corrected chi connectivity index (χ3v) is 5.20. The number of anilines is 1. The SMILES string of the molecule is Cc1cccc(NC(=O)CCN(CCC(C)C)S(C)(=O)=O)c1C. The van der Waals surface area contributed by atoms with E-state index in [0.717, 1.165) is 23.2 Å². The highest BCUT2D eigenvalue weighted by Gasteiger charge is 2.18. The van der Waals surface area contributed by atoms with Crippen molar-refractivity contribution in [3.63, 3.8) is 0 Å². The summed E-state index contributed by atoms with van der Waals surface area (Å²) in [6, 6.07) is 5.74. The van der Waals surface area contributed by atoms with Gasteiger partial charge in [0.15, 0.2) is 0 Å². The van der Waals surface area contributed by atoms with Crippen molar-refractivity contribution in [2.45, 2.75) is 40.5 Å². The summed E-state index contributed by atoms with van der Waals surface area (Å²) in [5, 5.41) is 2.86. The summed E-state index contributed by atoms with van der Waals surface area (Å²) in [7, 11) is -3.29. The van der Waals surface area contributed by atoms with Gasteiger partial charge in [-0.2, -0.15) is 0 Å². The van der Waals surface area contributed by atoms with Crippen LogP contribution in [0, 0.1) is 19.8 Å². The minimum atomic E-state index is -3.29. The monoisotopic (exact) mass is 340 g/mol. The molecule has 0 saturated carbocycles. The van der Waals surface area contributed by atoms with Crippen LogP contribution in [-0.4, -0.2) is 38.0 Å². The van der Waals surface area contributed by atoms with Crippen LogP contribution in [-0.2, 0) is 14.8 Å². The Bertz CT molecular complexity index is 639. The Kier molecular flexibility index (Phi) is 7.22. The van der Waals surface area contributed by atoms with E-state index in [1.807, 2.05) is 45.9 Å². The fourth-order valence-corrected chi connectivity index (χ4v) is 3.03. The van der Waals surface area contributed by atoms with E-state index in [0.29, 0.717) is 12.5 Å². The number of hydrogen-bond donors (Lipinski definition) is 1. The Morgan fingerprint density at radius 1 is 1.22 bits per heavy atom. The fraction of sp³-hybridized carbons (Fsp3) is 0.588. The van der Waals surface area contributed by atoms with Gasteiger partial charge in [0.05, 0.1) is 6.26 Å². The lowest BCUT2D eigenvalue weighted by molar-refractivity contribution is -0.116. The third-order valence-electron chi connectivity index (χ3n) is 3.89. The zero-order valence-corrected chi connectivity index (χ0v) is 15.5. The molecule has 1 aromatic rings. The molecule has 23 heavy (non-hydrogen) atoms. The van der Waals surface area contributed by atoms with E-state index in [4.69, 9.17) is 0 Å². The van der Waals surface area contributed by atoms with Crippen LogP contribution in [0.4, 0.5) is 5.69 Å². The maximum atomic E-state index is 12.1. The van der Waals surface area contributed by atoms with Crippen molar-refractivity contribution in [1.82, 2.24) is 4.31 Å². The Morgan fingerprint density at radius 2 is 1.87 bits per heavy atom. The highest BCUT2D eigenvalue weighted by molar-refractivity contribution is 7.88. The second kappa shape index (κ2) is 8.45. The normalized spacial score (nSPS) is 12.0. The molecule has 0 heterocycles. The second-order valence-corrected chi connectivity index (χ2v) is 8.37. The van der Waals surface area contributed by atoms with Crippen LogP contribution in [0.2, 0.25) is 0 Å². The van der Waals surface area contributed by atoms with Gasteiger partial charge in [0.2, 0.25) is 15.9 Å². The lowest BCUT2D eigenvalue weighted by Gasteiger charge is -2.20. The molecule has 0 fully saturated rings. The van der Waals surface area contributed by atoms with E-state index >= 15 is 0 Å². The number of carbonyl (C=O) groups is 1. The minimum absolute atomic E-state index is 0.151. The molecule has 0 saturated heterocycles. The molecule has 1 amide bonds. The molecular weight excluding hydrogens is 312 g/mol. The van der Waals surface area contributed by atoms with Crippen molar-refractivity contribution in [2.75, 3.05) is 24.7 Å². The number of aryl methyl sites for hydroxylation is 1. The number of rotatable bonds is 8. The number of nitrogens with one attached hydrogen (secondary N) is 1. The molecule has 0 aliphatic heterocycles. The first-order valence-electron chi connectivity index (χ1n) is 7.92. The molecule has 130 valence electrons. The molecule has 0 aliphatic carbocycles. The first-order valence-corrected chi connectivity index (χ1v) is 9.77. The Balaban J connectivity index is 2.63. The maximum absolute atomic E-state index is 12.1. The second-order valence-electron chi connectivity index (χ2n) is 6.39. The molecule has 1 aromatic carbocycles. The zero-order valence-electron chi connectivity index (χ0n) is 14.7. The Hall–Kier alpha value is -1.40. The standard InChI is InChI=1S/C17H28N2O3S/c1-13(2)9-11-19(23(5,21)22)12-10-17(20)18-16-8-6-7-14(3)15(16)4/h6-8,13H,9-12H2,1-5H3,(H,18,20). The zero-order chi connectivity index (χ0) is 17.6. The maximum Gasteiger partial charge on any atom is 0.225 e. The number of nitrogens with zero attached hydrogens (tertiary/aromatic N) is 1. The summed E-state index contributed by atoms with van der Waals surface area (Å²) in [5.41, 5.74) is 2.92. The van der Waals surface area contributed by atoms with Crippen LogP contribution in [0.25, 0.3) is 0 Å². The molecule has 0 radical (unpaired) electrons. The van der Waals surface area contributed by atoms with Gasteiger partial charge in [-0.25, -0.2) is 12.7 Å². The fourth-order valence-electron chi connectivity index (χ4n) is 2.17. The van der Waals surface area contributed by atoms with E-state index in [-0.39, 0.29) is 18.9 Å².